The highest BCUT2D eigenvalue weighted by atomic mass is 16.6. The lowest BCUT2D eigenvalue weighted by molar-refractivity contribution is -0.521. The number of likely N-dealkylation sites (tertiary alicyclic amines) is 1. The molecule has 1 aliphatic rings. The number of hydrogen-bond acceptors (Lipinski definition) is 3. The molecule has 21 heavy (non-hydrogen) atoms. The highest BCUT2D eigenvalue weighted by Crippen LogP contribution is 2.30. The van der Waals surface area contributed by atoms with Crippen LogP contribution in [0.2, 0.25) is 0 Å². The van der Waals surface area contributed by atoms with Gasteiger partial charge in [-0.05, 0) is 11.1 Å². The molecule has 0 amide bonds. The van der Waals surface area contributed by atoms with Gasteiger partial charge in [0.1, 0.15) is 0 Å². The number of benzene rings is 2. The highest BCUT2D eigenvalue weighted by molar-refractivity contribution is 5.23. The van der Waals surface area contributed by atoms with E-state index in [1.54, 1.807) is 0 Å². The quantitative estimate of drug-likeness (QED) is 0.640. The summed E-state index contributed by atoms with van der Waals surface area (Å²) in [5.74, 6) is -0.0232. The summed E-state index contributed by atoms with van der Waals surface area (Å²) in [4.78, 5) is 13.4. The Kier molecular flexibility index (Phi) is 3.97. The first-order valence-corrected chi connectivity index (χ1v) is 7.19. The van der Waals surface area contributed by atoms with Gasteiger partial charge in [0.25, 0.3) is 0 Å². The Morgan fingerprint density at radius 2 is 1.62 bits per heavy atom. The van der Waals surface area contributed by atoms with Crippen molar-refractivity contribution in [2.45, 2.75) is 18.5 Å². The first-order chi connectivity index (χ1) is 10.2. The predicted molar refractivity (Wildman–Crippen MR) is 81.7 cm³/mol. The molecular weight excluding hydrogens is 264 g/mol. The molecule has 2 aromatic carbocycles. The molecule has 1 aliphatic heterocycles. The van der Waals surface area contributed by atoms with Crippen molar-refractivity contribution in [1.82, 2.24) is 4.90 Å². The first-order valence-electron chi connectivity index (χ1n) is 7.19. The first kappa shape index (κ1) is 13.8. The van der Waals surface area contributed by atoms with Crippen molar-refractivity contribution in [1.29, 1.82) is 0 Å². The molecular formula is C17H18N2O2. The lowest BCUT2D eigenvalue weighted by Gasteiger charge is -2.15. The molecule has 1 saturated heterocycles. The smallest absolute Gasteiger partial charge is 0.233 e. The van der Waals surface area contributed by atoms with E-state index in [-0.39, 0.29) is 10.8 Å². The van der Waals surface area contributed by atoms with E-state index in [1.807, 2.05) is 48.5 Å². The van der Waals surface area contributed by atoms with Crippen molar-refractivity contribution in [3.63, 3.8) is 0 Å². The van der Waals surface area contributed by atoms with Crippen LogP contribution in [-0.2, 0) is 6.54 Å². The molecule has 108 valence electrons. The Balaban J connectivity index is 1.77. The molecule has 2 aromatic rings. The van der Waals surface area contributed by atoms with Gasteiger partial charge in [0.05, 0.1) is 12.5 Å². The van der Waals surface area contributed by atoms with Gasteiger partial charge in [-0.1, -0.05) is 60.7 Å². The van der Waals surface area contributed by atoms with E-state index in [4.69, 9.17) is 0 Å². The summed E-state index contributed by atoms with van der Waals surface area (Å²) in [5.41, 5.74) is 2.27. The van der Waals surface area contributed by atoms with Gasteiger partial charge in [-0.15, -0.1) is 0 Å². The molecule has 0 aliphatic carbocycles. The Hall–Kier alpha value is -2.20. The van der Waals surface area contributed by atoms with Crippen LogP contribution in [0.15, 0.2) is 60.7 Å². The van der Waals surface area contributed by atoms with Crippen LogP contribution in [0.25, 0.3) is 0 Å². The van der Waals surface area contributed by atoms with Crippen molar-refractivity contribution in [3.05, 3.63) is 81.9 Å². The van der Waals surface area contributed by atoms with E-state index in [0.717, 1.165) is 18.7 Å². The summed E-state index contributed by atoms with van der Waals surface area (Å²) in [7, 11) is 0. The van der Waals surface area contributed by atoms with Crippen LogP contribution in [0.4, 0.5) is 0 Å². The maximum absolute atomic E-state index is 11.4. The van der Waals surface area contributed by atoms with Crippen LogP contribution in [0.1, 0.15) is 17.0 Å². The van der Waals surface area contributed by atoms with Gasteiger partial charge in [0.2, 0.25) is 6.04 Å². The second kappa shape index (κ2) is 6.06. The highest BCUT2D eigenvalue weighted by Gasteiger charge is 2.41. The lowest BCUT2D eigenvalue weighted by atomic mass is 9.95. The zero-order valence-corrected chi connectivity index (χ0v) is 11.8. The van der Waals surface area contributed by atoms with Crippen LogP contribution < -0.4 is 0 Å². The summed E-state index contributed by atoms with van der Waals surface area (Å²) in [6.07, 6.45) is 0. The topological polar surface area (TPSA) is 46.4 Å². The molecule has 0 N–H and O–H groups in total. The molecule has 4 nitrogen and oxygen atoms in total. The van der Waals surface area contributed by atoms with Crippen molar-refractivity contribution < 1.29 is 4.92 Å². The molecule has 2 unspecified atom stereocenters. The lowest BCUT2D eigenvalue weighted by Crippen LogP contribution is -2.28. The van der Waals surface area contributed by atoms with Crippen molar-refractivity contribution >= 4 is 0 Å². The molecule has 1 fully saturated rings. The van der Waals surface area contributed by atoms with Crippen molar-refractivity contribution in [3.8, 4) is 0 Å². The van der Waals surface area contributed by atoms with Crippen molar-refractivity contribution in [2.24, 2.45) is 0 Å². The van der Waals surface area contributed by atoms with Crippen LogP contribution in [-0.4, -0.2) is 29.0 Å². The summed E-state index contributed by atoms with van der Waals surface area (Å²) in [6.45, 7) is 2.03. The van der Waals surface area contributed by atoms with E-state index in [2.05, 4.69) is 17.0 Å². The van der Waals surface area contributed by atoms with E-state index in [0.29, 0.717) is 6.54 Å². The molecule has 3 rings (SSSR count). The van der Waals surface area contributed by atoms with Crippen molar-refractivity contribution in [2.75, 3.05) is 13.1 Å². The minimum atomic E-state index is -0.517. The van der Waals surface area contributed by atoms with Crippen LogP contribution >= 0.6 is 0 Å². The van der Waals surface area contributed by atoms with Gasteiger partial charge in [-0.25, -0.2) is 0 Å². The largest absolute Gasteiger partial charge is 0.292 e. The van der Waals surface area contributed by atoms with E-state index >= 15 is 0 Å². The van der Waals surface area contributed by atoms with Gasteiger partial charge < -0.3 is 0 Å². The third-order valence-corrected chi connectivity index (χ3v) is 4.11. The molecule has 2 atom stereocenters. The van der Waals surface area contributed by atoms with Gasteiger partial charge in [0, 0.05) is 18.0 Å². The molecule has 1 heterocycles. The number of rotatable bonds is 4. The third kappa shape index (κ3) is 3.11. The summed E-state index contributed by atoms with van der Waals surface area (Å²) < 4.78 is 0. The average molecular weight is 282 g/mol. The number of hydrogen-bond donors (Lipinski definition) is 0. The van der Waals surface area contributed by atoms with Crippen LogP contribution in [0, 0.1) is 10.1 Å². The third-order valence-electron chi connectivity index (χ3n) is 4.11. The van der Waals surface area contributed by atoms with Crippen LogP contribution in [0.5, 0.6) is 0 Å². The Morgan fingerprint density at radius 1 is 1.00 bits per heavy atom. The Morgan fingerprint density at radius 3 is 2.24 bits per heavy atom. The zero-order valence-electron chi connectivity index (χ0n) is 11.8. The van der Waals surface area contributed by atoms with Crippen LogP contribution in [0.3, 0.4) is 0 Å². The van der Waals surface area contributed by atoms with E-state index in [1.165, 1.54) is 5.56 Å². The fourth-order valence-electron chi connectivity index (χ4n) is 3.08. The standard InChI is InChI=1S/C17H18N2O2/c20-19(21)17-13-18(11-14-7-3-1-4-8-14)12-16(17)15-9-5-2-6-10-15/h1-10,16-17H,11-13H2. The molecule has 0 bridgehead atoms. The molecule has 0 radical (unpaired) electrons. The predicted octanol–water partition coefficient (Wildman–Crippen LogP) is 2.93. The SMILES string of the molecule is O=[N+]([O-])C1CN(Cc2ccccc2)CC1c1ccccc1. The number of nitro groups is 1. The van der Waals surface area contributed by atoms with E-state index < -0.39 is 6.04 Å². The second-order valence-corrected chi connectivity index (χ2v) is 5.55. The Bertz CT molecular complexity index is 601. The molecule has 0 spiro atoms. The van der Waals surface area contributed by atoms with E-state index in [9.17, 15) is 10.1 Å². The average Bonchev–Trinajstić information content (AvgIpc) is 2.93. The monoisotopic (exact) mass is 282 g/mol. The Labute approximate surface area is 124 Å². The number of nitrogens with zero attached hydrogens (tertiary/aromatic N) is 2. The van der Waals surface area contributed by atoms with Gasteiger partial charge in [0.15, 0.2) is 0 Å². The summed E-state index contributed by atoms with van der Waals surface area (Å²) >= 11 is 0. The normalized spacial score (nSPS) is 22.3. The fourth-order valence-corrected chi connectivity index (χ4v) is 3.08. The van der Waals surface area contributed by atoms with Gasteiger partial charge in [-0.2, -0.15) is 0 Å². The minimum Gasteiger partial charge on any atom is -0.292 e. The minimum absolute atomic E-state index is 0.0232. The van der Waals surface area contributed by atoms with Gasteiger partial charge >= 0.3 is 0 Å². The summed E-state index contributed by atoms with van der Waals surface area (Å²) in [5, 5.41) is 11.4. The molecule has 4 heteroatoms. The maximum atomic E-state index is 11.4. The van der Waals surface area contributed by atoms with Gasteiger partial charge in [-0.3, -0.25) is 15.0 Å². The summed E-state index contributed by atoms with van der Waals surface area (Å²) in [6, 6.07) is 19.4. The fraction of sp³-hybridized carbons (Fsp3) is 0.294. The molecule has 0 aromatic heterocycles. The molecule has 0 saturated carbocycles. The maximum Gasteiger partial charge on any atom is 0.233 e. The zero-order chi connectivity index (χ0) is 14.7. The second-order valence-electron chi connectivity index (χ2n) is 5.55.